The number of aromatic amines is 1. The van der Waals surface area contributed by atoms with Gasteiger partial charge in [0.05, 0.1) is 30.8 Å². The summed E-state index contributed by atoms with van der Waals surface area (Å²) < 4.78 is 30.9. The smallest absolute Gasteiger partial charge is 0.359 e. The summed E-state index contributed by atoms with van der Waals surface area (Å²) in [5.41, 5.74) is 2.68. The van der Waals surface area contributed by atoms with Crippen LogP contribution in [0.15, 0.2) is 30.5 Å². The quantitative estimate of drug-likeness (QED) is 0.0871. The van der Waals surface area contributed by atoms with Crippen LogP contribution < -0.4 is 5.32 Å². The molecule has 6 N–H and O–H groups in total. The zero-order valence-corrected chi connectivity index (χ0v) is 25.8. The van der Waals surface area contributed by atoms with Crippen LogP contribution in [0.1, 0.15) is 48.5 Å². The Bertz CT molecular complexity index is 1670. The number of aliphatic hydroxyl groups excluding tert-OH is 2. The van der Waals surface area contributed by atoms with Crippen molar-refractivity contribution in [3.63, 3.8) is 0 Å². The highest BCUT2D eigenvalue weighted by atomic mass is 35.5. The van der Waals surface area contributed by atoms with Gasteiger partial charge in [-0.2, -0.15) is 20.3 Å². The number of halogens is 1. The number of methoxy groups -OCH3 is 1. The molecule has 1 aromatic carbocycles. The predicted molar refractivity (Wildman–Crippen MR) is 157 cm³/mol. The molecule has 4 aromatic rings. The van der Waals surface area contributed by atoms with Crippen LogP contribution in [0.3, 0.4) is 0 Å². The molecule has 1 fully saturated rings. The van der Waals surface area contributed by atoms with Gasteiger partial charge in [0, 0.05) is 13.5 Å². The lowest BCUT2D eigenvalue weighted by molar-refractivity contribution is -0.115. The monoisotopic (exact) mass is 665 g/mol. The van der Waals surface area contributed by atoms with E-state index in [9.17, 15) is 24.6 Å². The van der Waals surface area contributed by atoms with E-state index in [4.69, 9.17) is 25.8 Å². The van der Waals surface area contributed by atoms with Gasteiger partial charge in [0.25, 0.3) is 0 Å². The number of benzene rings is 1. The number of aromatic nitrogens is 8. The molecule has 0 spiro atoms. The Balaban J connectivity index is 1.19. The number of H-pyrrole nitrogens is 1. The van der Waals surface area contributed by atoms with Gasteiger partial charge in [-0.3, -0.25) is 4.57 Å². The second kappa shape index (κ2) is 12.9. The first-order valence-electron chi connectivity index (χ1n) is 14.3. The van der Waals surface area contributed by atoms with Crippen LogP contribution in [0.4, 0.5) is 5.82 Å². The largest absolute Gasteiger partial charge is 0.387 e. The van der Waals surface area contributed by atoms with Crippen LogP contribution in [0, 0.1) is 0 Å². The number of nitrogens with one attached hydrogen (secondary N) is 2. The standard InChI is InChI=1S/C26H33ClN9O8P/c1-42-13-26(45(39,40)41,10-4-7-19-32-34-35-33-19)43-12-18-20(37)21(38)24(44-18)36-23-16(11-28-36)22(30-25(27)31-23)29-17-9-8-14-5-2-3-6-15(14)17/h2-3,5-6,11,17-18,20-21,24,37-38H,4,7-10,12-13H2,1H3,(H,29,30,31)(H2,39,40,41)(H,32,33,34,35)/t17-,18-,20-,21-,24-,26-/m1/s1. The molecule has 242 valence electrons. The molecule has 4 heterocycles. The lowest BCUT2D eigenvalue weighted by Gasteiger charge is -2.34. The van der Waals surface area contributed by atoms with E-state index in [1.54, 1.807) is 0 Å². The Kier molecular flexibility index (Phi) is 9.16. The van der Waals surface area contributed by atoms with E-state index in [2.05, 4.69) is 53.1 Å². The SMILES string of the molecule is COC[C@](CCCc1nn[nH]n1)(OC[C@H]1O[C@@H](n2ncc3c(N[C@@H]4CCc5ccccc54)nc(Cl)nc32)[C@H](O)[C@@H]1O)P(=O)(O)O. The first-order chi connectivity index (χ1) is 21.6. The molecule has 1 aliphatic carbocycles. The van der Waals surface area contributed by atoms with Gasteiger partial charge in [0.15, 0.2) is 23.0 Å². The lowest BCUT2D eigenvalue weighted by atomic mass is 10.1. The normalized spacial score (nSPS) is 24.6. The van der Waals surface area contributed by atoms with Gasteiger partial charge in [0.2, 0.25) is 5.28 Å². The average Bonchev–Trinajstić information content (AvgIpc) is 3.80. The Morgan fingerprint density at radius 3 is 2.82 bits per heavy atom. The van der Waals surface area contributed by atoms with Crippen molar-refractivity contribution in [2.24, 2.45) is 0 Å². The second-order valence-electron chi connectivity index (χ2n) is 11.1. The van der Waals surface area contributed by atoms with Crippen molar-refractivity contribution < 1.29 is 38.8 Å². The zero-order chi connectivity index (χ0) is 31.8. The zero-order valence-electron chi connectivity index (χ0n) is 24.1. The maximum Gasteiger partial charge on any atom is 0.359 e. The lowest BCUT2D eigenvalue weighted by Crippen LogP contribution is -2.42. The number of ether oxygens (including phenoxy) is 3. The molecule has 6 rings (SSSR count). The minimum absolute atomic E-state index is 0.00370. The van der Waals surface area contributed by atoms with E-state index >= 15 is 0 Å². The Morgan fingerprint density at radius 2 is 2.07 bits per heavy atom. The minimum atomic E-state index is -4.93. The van der Waals surface area contributed by atoms with E-state index in [0.29, 0.717) is 17.0 Å². The number of nitrogens with zero attached hydrogens (tertiary/aromatic N) is 7. The summed E-state index contributed by atoms with van der Waals surface area (Å²) >= 11 is 6.31. The summed E-state index contributed by atoms with van der Waals surface area (Å²) in [5.74, 6) is 0.826. The van der Waals surface area contributed by atoms with Crippen molar-refractivity contribution in [2.45, 2.75) is 68.0 Å². The van der Waals surface area contributed by atoms with Crippen molar-refractivity contribution >= 4 is 36.0 Å². The van der Waals surface area contributed by atoms with Gasteiger partial charge in [-0.25, -0.2) is 4.68 Å². The number of hydrogen-bond acceptors (Lipinski definition) is 13. The minimum Gasteiger partial charge on any atom is -0.387 e. The molecular weight excluding hydrogens is 633 g/mol. The Hall–Kier alpha value is -3.12. The van der Waals surface area contributed by atoms with Crippen molar-refractivity contribution in [3.05, 3.63) is 52.7 Å². The van der Waals surface area contributed by atoms with Crippen molar-refractivity contribution in [1.82, 2.24) is 40.4 Å². The van der Waals surface area contributed by atoms with Crippen molar-refractivity contribution in [1.29, 1.82) is 0 Å². The number of aryl methyl sites for hydroxylation is 2. The summed E-state index contributed by atoms with van der Waals surface area (Å²) in [4.78, 5) is 29.3. The van der Waals surface area contributed by atoms with E-state index in [1.165, 1.54) is 29.1 Å². The third-order valence-corrected chi connectivity index (χ3v) is 9.94. The summed E-state index contributed by atoms with van der Waals surface area (Å²) in [6, 6.07) is 8.16. The van der Waals surface area contributed by atoms with E-state index < -0.39 is 50.7 Å². The molecule has 0 radical (unpaired) electrons. The number of aliphatic hydroxyl groups is 2. The van der Waals surface area contributed by atoms with Crippen LogP contribution in [0.25, 0.3) is 11.0 Å². The number of fused-ring (bicyclic) bond motifs is 2. The Morgan fingerprint density at radius 1 is 1.24 bits per heavy atom. The van der Waals surface area contributed by atoms with Crippen LogP contribution >= 0.6 is 19.2 Å². The van der Waals surface area contributed by atoms with Crippen LogP contribution in [-0.4, -0.2) is 104 Å². The van der Waals surface area contributed by atoms with E-state index in [-0.39, 0.29) is 36.2 Å². The third kappa shape index (κ3) is 6.32. The number of rotatable bonds is 13. The first-order valence-corrected chi connectivity index (χ1v) is 16.3. The first kappa shape index (κ1) is 31.8. The van der Waals surface area contributed by atoms with Gasteiger partial charge in [-0.15, -0.1) is 10.2 Å². The maximum absolute atomic E-state index is 12.7. The van der Waals surface area contributed by atoms with Crippen LogP contribution in [0.5, 0.6) is 0 Å². The summed E-state index contributed by atoms with van der Waals surface area (Å²) in [6.45, 7) is -0.924. The molecule has 2 aliphatic rings. The molecule has 0 bridgehead atoms. The summed E-state index contributed by atoms with van der Waals surface area (Å²) in [6.07, 6.45) is -1.70. The van der Waals surface area contributed by atoms with Gasteiger partial charge in [0.1, 0.15) is 24.1 Å². The highest BCUT2D eigenvalue weighted by Gasteiger charge is 2.51. The second-order valence-corrected chi connectivity index (χ2v) is 13.3. The third-order valence-electron chi connectivity index (χ3n) is 8.22. The molecule has 1 saturated heterocycles. The van der Waals surface area contributed by atoms with Gasteiger partial charge < -0.3 is 39.5 Å². The molecular formula is C26H33ClN9O8P. The van der Waals surface area contributed by atoms with E-state index in [1.807, 2.05) is 12.1 Å². The topological polar surface area (TPSA) is 236 Å². The van der Waals surface area contributed by atoms with Crippen molar-refractivity contribution in [3.8, 4) is 0 Å². The molecule has 0 unspecified atom stereocenters. The predicted octanol–water partition coefficient (Wildman–Crippen LogP) is 1.27. The molecule has 17 nitrogen and oxygen atoms in total. The van der Waals surface area contributed by atoms with Crippen molar-refractivity contribution in [2.75, 3.05) is 25.6 Å². The fourth-order valence-corrected chi connectivity index (χ4v) is 7.06. The molecule has 6 atom stereocenters. The summed E-state index contributed by atoms with van der Waals surface area (Å²) in [5, 5.41) is 41.6. The average molecular weight is 666 g/mol. The molecule has 19 heteroatoms. The number of anilines is 1. The fraction of sp³-hybridized carbons (Fsp3) is 0.538. The van der Waals surface area contributed by atoms with E-state index in [0.717, 1.165) is 12.8 Å². The van der Waals surface area contributed by atoms with Crippen LogP contribution in [0.2, 0.25) is 5.28 Å². The number of tetrazole rings is 1. The highest BCUT2D eigenvalue weighted by molar-refractivity contribution is 7.53. The van der Waals surface area contributed by atoms with Crippen LogP contribution in [-0.2, 0) is 31.6 Å². The molecule has 3 aromatic heterocycles. The molecule has 1 aliphatic heterocycles. The molecule has 0 amide bonds. The maximum atomic E-state index is 12.7. The number of hydrogen-bond donors (Lipinski definition) is 6. The Labute approximate surface area is 261 Å². The van der Waals surface area contributed by atoms with Gasteiger partial charge in [-0.1, -0.05) is 29.5 Å². The molecule has 45 heavy (non-hydrogen) atoms. The molecule has 0 saturated carbocycles. The van der Waals surface area contributed by atoms with Gasteiger partial charge >= 0.3 is 7.60 Å². The summed E-state index contributed by atoms with van der Waals surface area (Å²) in [7, 11) is -3.64. The fourth-order valence-electron chi connectivity index (χ4n) is 5.91. The highest BCUT2D eigenvalue weighted by Crippen LogP contribution is 2.54. The van der Waals surface area contributed by atoms with Gasteiger partial charge in [-0.05, 0) is 48.4 Å².